The first kappa shape index (κ1) is 18.3. The molecule has 0 atom stereocenters. The van der Waals surface area contributed by atoms with Crippen molar-refractivity contribution in [3.8, 4) is 17.1 Å². The van der Waals surface area contributed by atoms with E-state index in [2.05, 4.69) is 20.5 Å². The van der Waals surface area contributed by atoms with Crippen molar-refractivity contribution in [2.75, 3.05) is 12.4 Å². The summed E-state index contributed by atoms with van der Waals surface area (Å²) in [7, 11) is 1.62. The van der Waals surface area contributed by atoms with Crippen LogP contribution in [0, 0.1) is 4.77 Å². The van der Waals surface area contributed by atoms with E-state index in [1.165, 1.54) is 11.3 Å². The summed E-state index contributed by atoms with van der Waals surface area (Å²) in [4.78, 5) is 16.8. The number of carbonyl (C=O) groups is 1. The maximum Gasteiger partial charge on any atom is 0.227 e. The molecule has 0 saturated carbocycles. The first-order valence-corrected chi connectivity index (χ1v) is 9.81. The number of benzene rings is 2. The van der Waals surface area contributed by atoms with E-state index in [0.717, 1.165) is 21.5 Å². The van der Waals surface area contributed by atoms with Gasteiger partial charge in [-0.1, -0.05) is 23.5 Å². The number of fused-ring (bicyclic) bond motifs is 1. The van der Waals surface area contributed by atoms with Crippen molar-refractivity contribution in [3.05, 3.63) is 53.3 Å². The number of amides is 1. The summed E-state index contributed by atoms with van der Waals surface area (Å²) in [5.74, 6) is 1.32. The van der Waals surface area contributed by atoms with Gasteiger partial charge in [0.15, 0.2) is 15.7 Å². The Kier molecular flexibility index (Phi) is 5.18. The van der Waals surface area contributed by atoms with Crippen LogP contribution in [0.5, 0.6) is 5.75 Å². The minimum atomic E-state index is -0.122. The number of anilines is 1. The van der Waals surface area contributed by atoms with Crippen LogP contribution in [0.15, 0.2) is 48.5 Å². The van der Waals surface area contributed by atoms with Crippen molar-refractivity contribution in [1.82, 2.24) is 19.7 Å². The van der Waals surface area contributed by atoms with Gasteiger partial charge in [-0.15, -0.1) is 0 Å². The second-order valence-corrected chi connectivity index (χ2v) is 7.43. The molecule has 0 aliphatic rings. The van der Waals surface area contributed by atoms with E-state index in [0.29, 0.717) is 22.3 Å². The van der Waals surface area contributed by atoms with Gasteiger partial charge in [-0.05, 0) is 48.6 Å². The fraction of sp³-hybridized carbons (Fsp3) is 0.158. The Morgan fingerprint density at radius 2 is 2.04 bits per heavy atom. The van der Waals surface area contributed by atoms with Crippen LogP contribution < -0.4 is 10.1 Å². The summed E-state index contributed by atoms with van der Waals surface area (Å²) < 4.78 is 8.51. The SMILES string of the molecule is COc1ccc(-c2n[nH]c(=S)n2CCC(=O)Nc2nc3ccccc3s2)cc1. The molecule has 2 heterocycles. The summed E-state index contributed by atoms with van der Waals surface area (Å²) in [6.45, 7) is 0.410. The maximum absolute atomic E-state index is 12.4. The van der Waals surface area contributed by atoms with E-state index in [1.54, 1.807) is 7.11 Å². The van der Waals surface area contributed by atoms with Crippen LogP contribution in [0.2, 0.25) is 0 Å². The van der Waals surface area contributed by atoms with E-state index >= 15 is 0 Å². The van der Waals surface area contributed by atoms with Crippen molar-refractivity contribution >= 4 is 44.8 Å². The number of thiazole rings is 1. The van der Waals surface area contributed by atoms with Gasteiger partial charge >= 0.3 is 0 Å². The van der Waals surface area contributed by atoms with Crippen LogP contribution in [0.1, 0.15) is 6.42 Å². The second-order valence-electron chi connectivity index (χ2n) is 6.02. The van der Waals surface area contributed by atoms with Crippen molar-refractivity contribution in [1.29, 1.82) is 0 Å². The lowest BCUT2D eigenvalue weighted by molar-refractivity contribution is -0.116. The van der Waals surface area contributed by atoms with Gasteiger partial charge in [0.05, 0.1) is 17.3 Å². The Morgan fingerprint density at radius 1 is 1.25 bits per heavy atom. The number of rotatable bonds is 6. The summed E-state index contributed by atoms with van der Waals surface area (Å²) in [5.41, 5.74) is 1.77. The minimum absolute atomic E-state index is 0.122. The smallest absolute Gasteiger partial charge is 0.227 e. The maximum atomic E-state index is 12.4. The Hall–Kier alpha value is -3.04. The molecule has 0 aliphatic carbocycles. The summed E-state index contributed by atoms with van der Waals surface area (Å²) >= 11 is 6.78. The Labute approximate surface area is 170 Å². The number of carbonyl (C=O) groups excluding carboxylic acids is 1. The highest BCUT2D eigenvalue weighted by Gasteiger charge is 2.12. The monoisotopic (exact) mass is 411 g/mol. The van der Waals surface area contributed by atoms with Gasteiger partial charge in [-0.25, -0.2) is 4.98 Å². The van der Waals surface area contributed by atoms with Crippen molar-refractivity contribution in [2.45, 2.75) is 13.0 Å². The van der Waals surface area contributed by atoms with Gasteiger partial charge in [-0.3, -0.25) is 14.5 Å². The molecule has 7 nitrogen and oxygen atoms in total. The van der Waals surface area contributed by atoms with E-state index in [4.69, 9.17) is 17.0 Å². The Morgan fingerprint density at radius 3 is 2.79 bits per heavy atom. The zero-order valence-corrected chi connectivity index (χ0v) is 16.6. The molecule has 0 aliphatic heterocycles. The minimum Gasteiger partial charge on any atom is -0.497 e. The van der Waals surface area contributed by atoms with Crippen molar-refractivity contribution in [3.63, 3.8) is 0 Å². The zero-order valence-electron chi connectivity index (χ0n) is 15.0. The number of nitrogens with one attached hydrogen (secondary N) is 2. The van der Waals surface area contributed by atoms with Crippen LogP contribution in [-0.2, 0) is 11.3 Å². The first-order valence-electron chi connectivity index (χ1n) is 8.59. The van der Waals surface area contributed by atoms with Crippen LogP contribution in [-0.4, -0.2) is 32.8 Å². The first-order chi connectivity index (χ1) is 13.6. The van der Waals surface area contributed by atoms with Gasteiger partial charge in [0.1, 0.15) is 5.75 Å². The summed E-state index contributed by atoms with van der Waals surface area (Å²) in [5, 5.41) is 10.5. The summed E-state index contributed by atoms with van der Waals surface area (Å²) in [6, 6.07) is 15.3. The average Bonchev–Trinajstić information content (AvgIpc) is 3.29. The third-order valence-corrected chi connectivity index (χ3v) is 5.47. The van der Waals surface area contributed by atoms with Gasteiger partial charge in [-0.2, -0.15) is 5.10 Å². The predicted octanol–water partition coefficient (Wildman–Crippen LogP) is 4.25. The second kappa shape index (κ2) is 7.91. The molecule has 0 radical (unpaired) electrons. The number of aromatic amines is 1. The van der Waals surface area contributed by atoms with E-state index in [9.17, 15) is 4.79 Å². The summed E-state index contributed by atoms with van der Waals surface area (Å²) in [6.07, 6.45) is 0.257. The molecule has 142 valence electrons. The van der Waals surface area contributed by atoms with Crippen molar-refractivity contribution in [2.24, 2.45) is 0 Å². The molecule has 0 unspecified atom stereocenters. The average molecular weight is 412 g/mol. The molecule has 28 heavy (non-hydrogen) atoms. The van der Waals surface area contributed by atoms with Crippen LogP contribution >= 0.6 is 23.6 Å². The Bertz CT molecular complexity index is 1140. The van der Waals surface area contributed by atoms with E-state index in [-0.39, 0.29) is 12.3 Å². The number of hydrogen-bond acceptors (Lipinski definition) is 6. The predicted molar refractivity (Wildman–Crippen MR) is 112 cm³/mol. The van der Waals surface area contributed by atoms with Crippen LogP contribution in [0.25, 0.3) is 21.6 Å². The van der Waals surface area contributed by atoms with Crippen LogP contribution in [0.3, 0.4) is 0 Å². The number of H-pyrrole nitrogens is 1. The zero-order chi connectivity index (χ0) is 19.5. The van der Waals surface area contributed by atoms with Gasteiger partial charge in [0.25, 0.3) is 0 Å². The van der Waals surface area contributed by atoms with E-state index < -0.39 is 0 Å². The Balaban J connectivity index is 1.46. The molecule has 4 rings (SSSR count). The van der Waals surface area contributed by atoms with Crippen molar-refractivity contribution < 1.29 is 9.53 Å². The molecule has 0 bridgehead atoms. The standard InChI is InChI=1S/C19H17N5O2S2/c1-26-13-8-6-12(7-9-13)17-22-23-19(27)24(17)11-10-16(25)21-18-20-14-4-2-3-5-15(14)28-18/h2-9H,10-11H2,1H3,(H,23,27)(H,20,21,25). The van der Waals surface area contributed by atoms with Gasteiger partial charge in [0.2, 0.25) is 5.91 Å². The lowest BCUT2D eigenvalue weighted by Gasteiger charge is -2.07. The third-order valence-electron chi connectivity index (χ3n) is 4.21. The molecular weight excluding hydrogens is 394 g/mol. The number of nitrogens with zero attached hydrogens (tertiary/aromatic N) is 3. The molecule has 0 fully saturated rings. The molecular formula is C19H17N5O2S2. The van der Waals surface area contributed by atoms with E-state index in [1.807, 2.05) is 53.1 Å². The molecule has 1 amide bonds. The molecule has 4 aromatic rings. The van der Waals surface area contributed by atoms with Gasteiger partial charge in [0, 0.05) is 18.5 Å². The number of aromatic nitrogens is 4. The largest absolute Gasteiger partial charge is 0.497 e. The number of para-hydroxylation sites is 1. The molecule has 2 aromatic heterocycles. The molecule has 9 heteroatoms. The fourth-order valence-electron chi connectivity index (χ4n) is 2.81. The fourth-order valence-corrected chi connectivity index (χ4v) is 3.91. The molecule has 2 aromatic carbocycles. The molecule has 2 N–H and O–H groups in total. The molecule has 0 saturated heterocycles. The quantitative estimate of drug-likeness (QED) is 0.463. The lowest BCUT2D eigenvalue weighted by atomic mass is 10.2. The normalized spacial score (nSPS) is 10.9. The lowest BCUT2D eigenvalue weighted by Crippen LogP contribution is -2.15. The third kappa shape index (κ3) is 3.80. The topological polar surface area (TPSA) is 84.8 Å². The molecule has 0 spiro atoms. The number of hydrogen-bond donors (Lipinski definition) is 2. The highest BCUT2D eigenvalue weighted by atomic mass is 32.1. The number of ether oxygens (including phenoxy) is 1. The highest BCUT2D eigenvalue weighted by molar-refractivity contribution is 7.71. The van der Waals surface area contributed by atoms with Gasteiger partial charge < -0.3 is 10.1 Å². The van der Waals surface area contributed by atoms with Crippen LogP contribution in [0.4, 0.5) is 5.13 Å². The number of methoxy groups -OCH3 is 1. The highest BCUT2D eigenvalue weighted by Crippen LogP contribution is 2.25.